The molecule has 1 aliphatic rings. The molecule has 9 heteroatoms. The number of alkyl carbamates (subject to hydrolysis) is 1. The Morgan fingerprint density at radius 1 is 1.23 bits per heavy atom. The number of nitrogens with zero attached hydrogens (tertiary/aromatic N) is 1. The van der Waals surface area contributed by atoms with E-state index in [4.69, 9.17) is 4.74 Å². The third-order valence-corrected chi connectivity index (χ3v) is 3.73. The fraction of sp³-hybridized carbons (Fsp3) is 0.647. The van der Waals surface area contributed by atoms with Gasteiger partial charge in [0.2, 0.25) is 5.91 Å². The van der Waals surface area contributed by atoms with Crippen molar-refractivity contribution in [2.45, 2.75) is 52.1 Å². The topological polar surface area (TPSA) is 125 Å². The maximum Gasteiger partial charge on any atom is 0.407 e. The number of aromatic nitrogens is 2. The Kier molecular flexibility index (Phi) is 6.59. The Hall–Kier alpha value is -2.58. The summed E-state index contributed by atoms with van der Waals surface area (Å²) in [6, 6.07) is 0. The molecule has 26 heavy (non-hydrogen) atoms. The zero-order valence-electron chi connectivity index (χ0n) is 15.5. The molecular weight excluding hydrogens is 338 g/mol. The van der Waals surface area contributed by atoms with Crippen LogP contribution < -0.4 is 21.5 Å². The van der Waals surface area contributed by atoms with Gasteiger partial charge in [0.15, 0.2) is 0 Å². The molecule has 9 nitrogen and oxygen atoms in total. The van der Waals surface area contributed by atoms with E-state index in [1.54, 1.807) is 20.8 Å². The van der Waals surface area contributed by atoms with Gasteiger partial charge in [-0.25, -0.2) is 9.89 Å². The van der Waals surface area contributed by atoms with Crippen LogP contribution in [0.25, 0.3) is 0 Å². The first-order chi connectivity index (χ1) is 12.3. The SMILES string of the molecule is CC(C)(C)OC(=O)NCCCNC(=O)Cc1n[nH]c(=O)c2c1NCCC2. The first kappa shape index (κ1) is 19.7. The highest BCUT2D eigenvalue weighted by Crippen LogP contribution is 2.21. The first-order valence-electron chi connectivity index (χ1n) is 8.84. The van der Waals surface area contributed by atoms with Crippen molar-refractivity contribution in [2.24, 2.45) is 0 Å². The minimum Gasteiger partial charge on any atom is -0.444 e. The average Bonchev–Trinajstić information content (AvgIpc) is 2.56. The molecule has 0 fully saturated rings. The van der Waals surface area contributed by atoms with Gasteiger partial charge >= 0.3 is 6.09 Å². The largest absolute Gasteiger partial charge is 0.444 e. The van der Waals surface area contributed by atoms with Gasteiger partial charge in [0.1, 0.15) is 5.60 Å². The Balaban J connectivity index is 1.73. The van der Waals surface area contributed by atoms with Crippen LogP contribution in [0.1, 0.15) is 44.9 Å². The number of aromatic amines is 1. The van der Waals surface area contributed by atoms with Crippen molar-refractivity contribution in [3.8, 4) is 0 Å². The average molecular weight is 365 g/mol. The molecule has 1 aliphatic heterocycles. The van der Waals surface area contributed by atoms with Crippen molar-refractivity contribution >= 4 is 17.7 Å². The third-order valence-electron chi connectivity index (χ3n) is 3.73. The molecule has 0 radical (unpaired) electrons. The van der Waals surface area contributed by atoms with Crippen LogP contribution >= 0.6 is 0 Å². The third kappa shape index (κ3) is 6.05. The summed E-state index contributed by atoms with van der Waals surface area (Å²) in [5.41, 5.74) is 1.15. The second kappa shape index (κ2) is 8.68. The molecular formula is C17H27N5O4. The minimum atomic E-state index is -0.533. The minimum absolute atomic E-state index is 0.0889. The summed E-state index contributed by atoms with van der Waals surface area (Å²) in [7, 11) is 0. The number of carbonyl (C=O) groups excluding carboxylic acids is 2. The van der Waals surface area contributed by atoms with Crippen LogP contribution in [-0.4, -0.2) is 47.4 Å². The monoisotopic (exact) mass is 365 g/mol. The molecule has 0 saturated heterocycles. The van der Waals surface area contributed by atoms with E-state index in [9.17, 15) is 14.4 Å². The summed E-state index contributed by atoms with van der Waals surface area (Å²) in [4.78, 5) is 35.4. The first-order valence-corrected chi connectivity index (χ1v) is 8.84. The quantitative estimate of drug-likeness (QED) is 0.550. The van der Waals surface area contributed by atoms with Crippen molar-refractivity contribution < 1.29 is 14.3 Å². The van der Waals surface area contributed by atoms with Crippen LogP contribution in [0, 0.1) is 0 Å². The highest BCUT2D eigenvalue weighted by atomic mass is 16.6. The van der Waals surface area contributed by atoms with E-state index in [0.717, 1.165) is 13.0 Å². The molecule has 0 atom stereocenters. The predicted octanol–water partition coefficient (Wildman–Crippen LogP) is 0.702. The van der Waals surface area contributed by atoms with Crippen LogP contribution in [0.5, 0.6) is 0 Å². The van der Waals surface area contributed by atoms with Gasteiger partial charge in [-0.2, -0.15) is 5.10 Å². The van der Waals surface area contributed by atoms with E-state index in [1.807, 2.05) is 0 Å². The molecule has 2 amide bonds. The number of anilines is 1. The van der Waals surface area contributed by atoms with Crippen LogP contribution in [-0.2, 0) is 22.4 Å². The molecule has 0 aromatic carbocycles. The van der Waals surface area contributed by atoms with Gasteiger partial charge in [0.05, 0.1) is 17.8 Å². The van der Waals surface area contributed by atoms with Crippen LogP contribution in [0.3, 0.4) is 0 Å². The molecule has 144 valence electrons. The number of fused-ring (bicyclic) bond motifs is 1. The summed E-state index contributed by atoms with van der Waals surface area (Å²) in [5.74, 6) is -0.184. The zero-order valence-corrected chi connectivity index (χ0v) is 15.5. The number of rotatable bonds is 6. The standard InChI is InChI=1S/C17H27N5O4/c1-17(2,3)26-16(25)20-9-5-8-18-13(23)10-12-14-11(6-4-7-19-14)15(24)22-21-12/h19H,4-10H2,1-3H3,(H,18,23)(H,20,25)(H,22,24). The highest BCUT2D eigenvalue weighted by Gasteiger charge is 2.19. The lowest BCUT2D eigenvalue weighted by Gasteiger charge is -2.19. The van der Waals surface area contributed by atoms with Crippen molar-refractivity contribution in [3.05, 3.63) is 21.6 Å². The van der Waals surface area contributed by atoms with E-state index in [1.165, 1.54) is 0 Å². The fourth-order valence-electron chi connectivity index (χ4n) is 2.62. The maximum atomic E-state index is 12.1. The van der Waals surface area contributed by atoms with Crippen LogP contribution in [0.4, 0.5) is 10.5 Å². The number of ether oxygens (including phenoxy) is 1. The molecule has 1 aromatic rings. The molecule has 0 unspecified atom stereocenters. The number of nitrogens with one attached hydrogen (secondary N) is 4. The van der Waals surface area contributed by atoms with E-state index in [2.05, 4.69) is 26.1 Å². The van der Waals surface area contributed by atoms with Crippen molar-refractivity contribution in [2.75, 3.05) is 25.0 Å². The maximum absolute atomic E-state index is 12.1. The predicted molar refractivity (Wildman–Crippen MR) is 97.2 cm³/mol. The molecule has 0 bridgehead atoms. The Bertz CT molecular complexity index is 708. The van der Waals surface area contributed by atoms with Gasteiger partial charge in [-0.1, -0.05) is 0 Å². The molecule has 0 saturated carbocycles. The van der Waals surface area contributed by atoms with Gasteiger partial charge in [0, 0.05) is 25.2 Å². The van der Waals surface area contributed by atoms with Crippen LogP contribution in [0.15, 0.2) is 4.79 Å². The Morgan fingerprint density at radius 2 is 1.96 bits per heavy atom. The van der Waals surface area contributed by atoms with E-state index < -0.39 is 11.7 Å². The molecule has 0 aliphatic carbocycles. The Labute approximate surface area is 152 Å². The van der Waals surface area contributed by atoms with Gasteiger partial charge in [0.25, 0.3) is 5.56 Å². The van der Waals surface area contributed by atoms with Crippen molar-refractivity contribution in [1.29, 1.82) is 0 Å². The van der Waals surface area contributed by atoms with Crippen molar-refractivity contribution in [3.63, 3.8) is 0 Å². The smallest absolute Gasteiger partial charge is 0.407 e. The Morgan fingerprint density at radius 3 is 2.69 bits per heavy atom. The molecule has 1 aromatic heterocycles. The lowest BCUT2D eigenvalue weighted by atomic mass is 10.0. The summed E-state index contributed by atoms with van der Waals surface area (Å²) in [6.45, 7) is 6.99. The lowest BCUT2D eigenvalue weighted by Crippen LogP contribution is -2.35. The fourth-order valence-corrected chi connectivity index (χ4v) is 2.62. The van der Waals surface area contributed by atoms with E-state index >= 15 is 0 Å². The van der Waals surface area contributed by atoms with Gasteiger partial charge < -0.3 is 20.7 Å². The molecule has 4 N–H and O–H groups in total. The summed E-state index contributed by atoms with van der Waals surface area (Å²) >= 11 is 0. The molecule has 0 spiro atoms. The van der Waals surface area contributed by atoms with Crippen LogP contribution in [0.2, 0.25) is 0 Å². The summed E-state index contributed by atoms with van der Waals surface area (Å²) < 4.78 is 5.13. The van der Waals surface area contributed by atoms with E-state index in [0.29, 0.717) is 42.9 Å². The van der Waals surface area contributed by atoms with Gasteiger partial charge in [-0.05, 0) is 40.0 Å². The van der Waals surface area contributed by atoms with Gasteiger partial charge in [-0.15, -0.1) is 0 Å². The lowest BCUT2D eigenvalue weighted by molar-refractivity contribution is -0.120. The van der Waals surface area contributed by atoms with E-state index in [-0.39, 0.29) is 17.9 Å². The number of carbonyl (C=O) groups is 2. The summed E-state index contributed by atoms with van der Waals surface area (Å²) in [6.07, 6.45) is 1.77. The molecule has 2 rings (SSSR count). The van der Waals surface area contributed by atoms with Crippen molar-refractivity contribution in [1.82, 2.24) is 20.8 Å². The number of H-pyrrole nitrogens is 1. The second-order valence-electron chi connectivity index (χ2n) is 7.19. The highest BCUT2D eigenvalue weighted by molar-refractivity contribution is 5.80. The normalized spacial score (nSPS) is 13.3. The summed E-state index contributed by atoms with van der Waals surface area (Å²) in [5, 5.41) is 15.0. The number of amides is 2. The molecule has 2 heterocycles. The second-order valence-corrected chi connectivity index (χ2v) is 7.19. The zero-order chi connectivity index (χ0) is 19.2. The number of hydrogen-bond donors (Lipinski definition) is 4. The number of hydrogen-bond acceptors (Lipinski definition) is 6. The van der Waals surface area contributed by atoms with Gasteiger partial charge in [-0.3, -0.25) is 9.59 Å².